The van der Waals surface area contributed by atoms with Crippen molar-refractivity contribution >= 4 is 5.69 Å². The van der Waals surface area contributed by atoms with Crippen LogP contribution in [0.3, 0.4) is 0 Å². The molecule has 0 heterocycles. The van der Waals surface area contributed by atoms with Gasteiger partial charge in [-0.1, -0.05) is 24.3 Å². The van der Waals surface area contributed by atoms with Crippen molar-refractivity contribution in [3.05, 3.63) is 59.8 Å². The van der Waals surface area contributed by atoms with E-state index in [2.05, 4.69) is 11.4 Å². The summed E-state index contributed by atoms with van der Waals surface area (Å²) < 4.78 is 0. The normalized spacial score (nSPS) is 16.8. The van der Waals surface area contributed by atoms with Gasteiger partial charge in [0.25, 0.3) is 0 Å². The van der Waals surface area contributed by atoms with Crippen LogP contribution in [0.5, 0.6) is 0 Å². The van der Waals surface area contributed by atoms with E-state index in [0.717, 1.165) is 29.1 Å². The molecule has 95 valence electrons. The standard InChI is InChI=1S/C15H19N2O/c1-11(18)10-12-6-8-13(9-7-12)17-15-5-3-2-4-14(15)16/h2,4-9,11,17-18H,3,10,16H2,1H3/t11-/m0/s1. The Morgan fingerprint density at radius 3 is 2.67 bits per heavy atom. The van der Waals surface area contributed by atoms with Crippen molar-refractivity contribution in [2.24, 2.45) is 5.73 Å². The molecule has 2 rings (SSSR count). The lowest BCUT2D eigenvalue weighted by Gasteiger charge is -2.15. The number of anilines is 1. The zero-order valence-electron chi connectivity index (χ0n) is 10.6. The highest BCUT2D eigenvalue weighted by molar-refractivity contribution is 5.54. The molecular weight excluding hydrogens is 224 g/mol. The molecular formula is C15H19N2O. The Labute approximate surface area is 108 Å². The molecule has 3 nitrogen and oxygen atoms in total. The van der Waals surface area contributed by atoms with Gasteiger partial charge >= 0.3 is 0 Å². The first-order chi connectivity index (χ1) is 8.65. The Bertz CT molecular complexity index is 458. The molecule has 0 aromatic heterocycles. The summed E-state index contributed by atoms with van der Waals surface area (Å²) in [6.07, 6.45) is 7.30. The van der Waals surface area contributed by atoms with Crippen LogP contribution in [0.15, 0.2) is 47.8 Å². The summed E-state index contributed by atoms with van der Waals surface area (Å²) in [7, 11) is 0. The summed E-state index contributed by atoms with van der Waals surface area (Å²) in [5.41, 5.74) is 9.74. The SMILES string of the molecule is C[C@H](O)Cc1ccc(NC2=CC[CH]C=C2N)cc1. The molecule has 1 aliphatic rings. The molecule has 0 saturated heterocycles. The summed E-state index contributed by atoms with van der Waals surface area (Å²) in [6.45, 7) is 1.79. The topological polar surface area (TPSA) is 58.3 Å². The van der Waals surface area contributed by atoms with Crippen LogP contribution in [0.1, 0.15) is 18.9 Å². The minimum Gasteiger partial charge on any atom is -0.397 e. The van der Waals surface area contributed by atoms with Crippen LogP contribution >= 0.6 is 0 Å². The van der Waals surface area contributed by atoms with Crippen molar-refractivity contribution in [3.8, 4) is 0 Å². The highest BCUT2D eigenvalue weighted by Gasteiger charge is 2.06. The maximum atomic E-state index is 9.32. The molecule has 1 aliphatic carbocycles. The lowest BCUT2D eigenvalue weighted by molar-refractivity contribution is 0.195. The van der Waals surface area contributed by atoms with Crippen molar-refractivity contribution in [1.29, 1.82) is 0 Å². The van der Waals surface area contributed by atoms with Crippen molar-refractivity contribution in [3.63, 3.8) is 0 Å². The molecule has 0 fully saturated rings. The lowest BCUT2D eigenvalue weighted by atomic mass is 10.1. The van der Waals surface area contributed by atoms with Crippen molar-refractivity contribution in [1.82, 2.24) is 0 Å². The molecule has 0 bridgehead atoms. The van der Waals surface area contributed by atoms with Crippen LogP contribution in [0.4, 0.5) is 5.69 Å². The average molecular weight is 243 g/mol. The molecule has 0 unspecified atom stereocenters. The fraction of sp³-hybridized carbons (Fsp3) is 0.267. The first-order valence-corrected chi connectivity index (χ1v) is 6.18. The number of allylic oxidation sites excluding steroid dienone is 2. The van der Waals surface area contributed by atoms with Crippen LogP contribution in [-0.2, 0) is 6.42 Å². The summed E-state index contributed by atoms with van der Waals surface area (Å²) in [6, 6.07) is 8.04. The predicted octanol–water partition coefficient (Wildman–Crippen LogP) is 2.36. The summed E-state index contributed by atoms with van der Waals surface area (Å²) in [4.78, 5) is 0. The average Bonchev–Trinajstić information content (AvgIpc) is 2.34. The van der Waals surface area contributed by atoms with E-state index >= 15 is 0 Å². The maximum absolute atomic E-state index is 9.32. The third kappa shape index (κ3) is 3.37. The number of benzene rings is 1. The van der Waals surface area contributed by atoms with E-state index in [1.165, 1.54) is 0 Å². The third-order valence-corrected chi connectivity index (χ3v) is 2.83. The number of nitrogens with one attached hydrogen (secondary N) is 1. The number of aliphatic hydroxyl groups excluding tert-OH is 1. The van der Waals surface area contributed by atoms with E-state index < -0.39 is 0 Å². The number of nitrogens with two attached hydrogens (primary N) is 1. The summed E-state index contributed by atoms with van der Waals surface area (Å²) >= 11 is 0. The van der Waals surface area contributed by atoms with E-state index in [4.69, 9.17) is 5.73 Å². The highest BCUT2D eigenvalue weighted by atomic mass is 16.3. The van der Waals surface area contributed by atoms with E-state index in [-0.39, 0.29) is 6.10 Å². The number of hydrogen-bond acceptors (Lipinski definition) is 3. The molecule has 18 heavy (non-hydrogen) atoms. The van der Waals surface area contributed by atoms with E-state index in [1.807, 2.05) is 36.8 Å². The molecule has 1 aromatic carbocycles. The van der Waals surface area contributed by atoms with Gasteiger partial charge in [-0.15, -0.1) is 0 Å². The van der Waals surface area contributed by atoms with Gasteiger partial charge in [0.05, 0.1) is 17.5 Å². The Morgan fingerprint density at radius 1 is 1.33 bits per heavy atom. The van der Waals surface area contributed by atoms with Crippen molar-refractivity contribution < 1.29 is 5.11 Å². The Balaban J connectivity index is 2.02. The molecule has 1 radical (unpaired) electrons. The zero-order valence-corrected chi connectivity index (χ0v) is 10.6. The van der Waals surface area contributed by atoms with Gasteiger partial charge in [0.1, 0.15) is 0 Å². The Hall–Kier alpha value is -1.74. The van der Waals surface area contributed by atoms with E-state index in [0.29, 0.717) is 6.42 Å². The molecule has 0 aliphatic heterocycles. The first-order valence-electron chi connectivity index (χ1n) is 6.18. The lowest BCUT2D eigenvalue weighted by Crippen LogP contribution is -2.12. The molecule has 0 amide bonds. The zero-order chi connectivity index (χ0) is 13.0. The van der Waals surface area contributed by atoms with E-state index in [9.17, 15) is 5.11 Å². The molecule has 0 saturated carbocycles. The number of hydrogen-bond donors (Lipinski definition) is 3. The molecule has 4 N–H and O–H groups in total. The van der Waals surface area contributed by atoms with Crippen LogP contribution in [-0.4, -0.2) is 11.2 Å². The maximum Gasteiger partial charge on any atom is 0.0574 e. The molecule has 1 aromatic rings. The van der Waals surface area contributed by atoms with Gasteiger partial charge in [0.2, 0.25) is 0 Å². The van der Waals surface area contributed by atoms with Crippen LogP contribution < -0.4 is 11.1 Å². The quantitative estimate of drug-likeness (QED) is 0.761. The van der Waals surface area contributed by atoms with Crippen molar-refractivity contribution in [2.75, 3.05) is 5.32 Å². The van der Waals surface area contributed by atoms with Gasteiger partial charge in [-0.3, -0.25) is 0 Å². The van der Waals surface area contributed by atoms with Gasteiger partial charge in [0, 0.05) is 5.69 Å². The van der Waals surface area contributed by atoms with E-state index in [1.54, 1.807) is 6.92 Å². The van der Waals surface area contributed by atoms with Crippen molar-refractivity contribution in [2.45, 2.75) is 25.9 Å². The Morgan fingerprint density at radius 2 is 2.06 bits per heavy atom. The second-order valence-electron chi connectivity index (χ2n) is 4.59. The monoisotopic (exact) mass is 243 g/mol. The highest BCUT2D eigenvalue weighted by Crippen LogP contribution is 2.18. The third-order valence-electron chi connectivity index (χ3n) is 2.83. The van der Waals surface area contributed by atoms with Gasteiger partial charge in [0.15, 0.2) is 0 Å². The van der Waals surface area contributed by atoms with Gasteiger partial charge in [-0.2, -0.15) is 0 Å². The smallest absolute Gasteiger partial charge is 0.0574 e. The fourth-order valence-electron chi connectivity index (χ4n) is 1.93. The largest absolute Gasteiger partial charge is 0.397 e. The van der Waals surface area contributed by atoms with Crippen LogP contribution in [0.25, 0.3) is 0 Å². The summed E-state index contributed by atoms with van der Waals surface area (Å²) in [5, 5.41) is 12.6. The van der Waals surface area contributed by atoms with Gasteiger partial charge in [-0.05, 0) is 43.9 Å². The van der Waals surface area contributed by atoms with Gasteiger partial charge < -0.3 is 16.2 Å². The van der Waals surface area contributed by atoms with Crippen LogP contribution in [0, 0.1) is 6.42 Å². The number of rotatable bonds is 4. The fourth-order valence-corrected chi connectivity index (χ4v) is 1.93. The second kappa shape index (κ2) is 5.74. The first kappa shape index (κ1) is 12.7. The van der Waals surface area contributed by atoms with Crippen LogP contribution in [0.2, 0.25) is 0 Å². The Kier molecular flexibility index (Phi) is 4.05. The second-order valence-corrected chi connectivity index (χ2v) is 4.59. The summed E-state index contributed by atoms with van der Waals surface area (Å²) in [5.74, 6) is 0. The minimum atomic E-state index is -0.307. The minimum absolute atomic E-state index is 0.307. The molecule has 3 heteroatoms. The molecule has 0 spiro atoms. The number of aliphatic hydroxyl groups is 1. The predicted molar refractivity (Wildman–Crippen MR) is 74.7 cm³/mol. The molecule has 1 atom stereocenters. The van der Waals surface area contributed by atoms with Gasteiger partial charge in [-0.25, -0.2) is 0 Å².